The number of aromatic nitrogens is 2. The summed E-state index contributed by atoms with van der Waals surface area (Å²) in [7, 11) is 0. The van der Waals surface area contributed by atoms with Gasteiger partial charge in [0.25, 0.3) is 5.56 Å². The van der Waals surface area contributed by atoms with Gasteiger partial charge in [-0.05, 0) is 49.7 Å². The van der Waals surface area contributed by atoms with E-state index in [1.165, 1.54) is 5.56 Å². The number of aryl methyl sites for hydroxylation is 2. The Morgan fingerprint density at radius 2 is 1.85 bits per heavy atom. The van der Waals surface area contributed by atoms with Crippen molar-refractivity contribution in [2.45, 2.75) is 26.9 Å². The maximum Gasteiger partial charge on any atom is 0.258 e. The van der Waals surface area contributed by atoms with E-state index in [0.29, 0.717) is 18.7 Å². The Hall–Kier alpha value is -3.34. The number of hydrogen-bond acceptors (Lipinski definition) is 4. The quantitative estimate of drug-likeness (QED) is 0.538. The zero-order chi connectivity index (χ0) is 18.8. The largest absolute Gasteiger partial charge is 0.467 e. The normalized spacial score (nSPS) is 11.0. The van der Waals surface area contributed by atoms with Gasteiger partial charge >= 0.3 is 0 Å². The third-order valence-electron chi connectivity index (χ3n) is 4.62. The van der Waals surface area contributed by atoms with Crippen LogP contribution in [0, 0.1) is 13.8 Å². The number of pyridine rings is 1. The molecule has 27 heavy (non-hydrogen) atoms. The first-order valence-electron chi connectivity index (χ1n) is 8.92. The molecule has 3 heterocycles. The first-order chi connectivity index (χ1) is 13.1. The lowest BCUT2D eigenvalue weighted by Crippen LogP contribution is -2.25. The fourth-order valence-electron chi connectivity index (χ4n) is 3.17. The van der Waals surface area contributed by atoms with E-state index >= 15 is 0 Å². The van der Waals surface area contributed by atoms with Crippen molar-refractivity contribution in [3.8, 4) is 0 Å². The zero-order valence-electron chi connectivity index (χ0n) is 15.4. The van der Waals surface area contributed by atoms with Crippen LogP contribution in [-0.2, 0) is 13.1 Å². The Labute approximate surface area is 157 Å². The molecule has 0 aliphatic heterocycles. The lowest BCUT2D eigenvalue weighted by molar-refractivity contribution is 0.501. The van der Waals surface area contributed by atoms with Crippen LogP contribution in [0.15, 0.2) is 76.3 Å². The van der Waals surface area contributed by atoms with Crippen LogP contribution in [0.3, 0.4) is 0 Å². The van der Waals surface area contributed by atoms with Crippen LogP contribution in [0.1, 0.15) is 22.6 Å². The molecule has 0 saturated carbocycles. The zero-order valence-corrected chi connectivity index (χ0v) is 15.4. The molecule has 0 saturated heterocycles. The topological polar surface area (TPSA) is 50.8 Å². The van der Waals surface area contributed by atoms with E-state index in [0.717, 1.165) is 22.7 Å². The molecular formula is C22H21N3O2. The van der Waals surface area contributed by atoms with Crippen LogP contribution in [0.2, 0.25) is 0 Å². The number of benzene rings is 1. The second kappa shape index (κ2) is 7.11. The molecule has 5 heteroatoms. The first kappa shape index (κ1) is 17.1. The van der Waals surface area contributed by atoms with E-state index in [1.54, 1.807) is 22.9 Å². The fourth-order valence-corrected chi connectivity index (χ4v) is 3.17. The molecule has 4 aromatic rings. The van der Waals surface area contributed by atoms with Gasteiger partial charge in [0, 0.05) is 18.0 Å². The predicted octanol–water partition coefficient (Wildman–Crippen LogP) is 4.11. The second-order valence-electron chi connectivity index (χ2n) is 6.74. The molecule has 5 nitrogen and oxygen atoms in total. The third kappa shape index (κ3) is 3.62. The highest BCUT2D eigenvalue weighted by Crippen LogP contribution is 2.20. The summed E-state index contributed by atoms with van der Waals surface area (Å²) in [5, 5.41) is 0. The average molecular weight is 359 g/mol. The van der Waals surface area contributed by atoms with E-state index in [2.05, 4.69) is 36.1 Å². The molecule has 0 spiro atoms. The second-order valence-corrected chi connectivity index (χ2v) is 6.74. The van der Waals surface area contributed by atoms with E-state index in [-0.39, 0.29) is 5.56 Å². The molecule has 4 rings (SSSR count). The van der Waals surface area contributed by atoms with Crippen molar-refractivity contribution in [2.24, 2.45) is 0 Å². The van der Waals surface area contributed by atoms with E-state index < -0.39 is 0 Å². The molecule has 0 aliphatic carbocycles. The van der Waals surface area contributed by atoms with Gasteiger partial charge in [-0.25, -0.2) is 4.98 Å². The van der Waals surface area contributed by atoms with Crippen LogP contribution < -0.4 is 10.5 Å². The van der Waals surface area contributed by atoms with Crippen molar-refractivity contribution in [3.05, 3.63) is 100.0 Å². The Balaban J connectivity index is 1.72. The van der Waals surface area contributed by atoms with Gasteiger partial charge in [-0.2, -0.15) is 0 Å². The standard InChI is InChI=1S/C22H21N3O2/c1-16-7-9-19(10-8-16)24(15-20-6-4-12-27-20)14-18-13-21(26)25-11-3-5-17(2)22(25)23-18/h3-13H,14-15H2,1-2H3. The van der Waals surface area contributed by atoms with Gasteiger partial charge in [0.2, 0.25) is 0 Å². The van der Waals surface area contributed by atoms with Gasteiger partial charge in [-0.1, -0.05) is 23.8 Å². The monoisotopic (exact) mass is 359 g/mol. The smallest absolute Gasteiger partial charge is 0.258 e. The summed E-state index contributed by atoms with van der Waals surface area (Å²) < 4.78 is 7.12. The fraction of sp³-hybridized carbons (Fsp3) is 0.182. The SMILES string of the molecule is Cc1ccc(N(Cc2cc(=O)n3cccc(C)c3n2)Cc2ccco2)cc1. The molecule has 0 bridgehead atoms. The number of hydrogen-bond donors (Lipinski definition) is 0. The first-order valence-corrected chi connectivity index (χ1v) is 8.92. The average Bonchev–Trinajstić information content (AvgIpc) is 3.16. The minimum atomic E-state index is -0.0689. The highest BCUT2D eigenvalue weighted by atomic mass is 16.3. The van der Waals surface area contributed by atoms with Crippen molar-refractivity contribution in [1.82, 2.24) is 9.38 Å². The summed E-state index contributed by atoms with van der Waals surface area (Å²) in [5.41, 5.74) is 4.60. The third-order valence-corrected chi connectivity index (χ3v) is 4.62. The molecule has 1 aromatic carbocycles. The Bertz CT molecular complexity index is 1110. The number of nitrogens with zero attached hydrogens (tertiary/aromatic N) is 3. The molecule has 3 aromatic heterocycles. The molecule has 0 N–H and O–H groups in total. The van der Waals surface area contributed by atoms with Crippen molar-refractivity contribution in [3.63, 3.8) is 0 Å². The molecule has 0 aliphatic rings. The van der Waals surface area contributed by atoms with Crippen molar-refractivity contribution >= 4 is 11.3 Å². The summed E-state index contributed by atoms with van der Waals surface area (Å²) in [6, 6.07) is 17.6. The number of furan rings is 1. The summed E-state index contributed by atoms with van der Waals surface area (Å²) >= 11 is 0. The highest BCUT2D eigenvalue weighted by molar-refractivity contribution is 5.50. The summed E-state index contributed by atoms with van der Waals surface area (Å²) in [6.07, 6.45) is 3.43. The highest BCUT2D eigenvalue weighted by Gasteiger charge is 2.13. The van der Waals surface area contributed by atoms with Crippen molar-refractivity contribution < 1.29 is 4.42 Å². The molecule has 0 amide bonds. The molecular weight excluding hydrogens is 338 g/mol. The minimum absolute atomic E-state index is 0.0689. The molecule has 0 fully saturated rings. The van der Waals surface area contributed by atoms with E-state index in [4.69, 9.17) is 9.40 Å². The van der Waals surface area contributed by atoms with Crippen LogP contribution in [0.5, 0.6) is 0 Å². The molecule has 0 unspecified atom stereocenters. The van der Waals surface area contributed by atoms with Gasteiger partial charge in [0.1, 0.15) is 11.4 Å². The molecule has 136 valence electrons. The van der Waals surface area contributed by atoms with E-state index in [9.17, 15) is 4.79 Å². The van der Waals surface area contributed by atoms with Crippen molar-refractivity contribution in [2.75, 3.05) is 4.90 Å². The van der Waals surface area contributed by atoms with Crippen LogP contribution in [-0.4, -0.2) is 9.38 Å². The van der Waals surface area contributed by atoms with Crippen LogP contribution in [0.25, 0.3) is 5.65 Å². The summed E-state index contributed by atoms with van der Waals surface area (Å²) in [5.74, 6) is 0.865. The van der Waals surface area contributed by atoms with Gasteiger partial charge < -0.3 is 9.32 Å². The van der Waals surface area contributed by atoms with Crippen molar-refractivity contribution in [1.29, 1.82) is 0 Å². The van der Waals surface area contributed by atoms with Crippen LogP contribution >= 0.6 is 0 Å². The number of anilines is 1. The maximum absolute atomic E-state index is 12.5. The van der Waals surface area contributed by atoms with Crippen LogP contribution in [0.4, 0.5) is 5.69 Å². The maximum atomic E-state index is 12.5. The Morgan fingerprint density at radius 3 is 2.59 bits per heavy atom. The van der Waals surface area contributed by atoms with E-state index in [1.807, 2.05) is 31.2 Å². The summed E-state index contributed by atoms with van der Waals surface area (Å²) in [6.45, 7) is 5.15. The van der Waals surface area contributed by atoms with Gasteiger partial charge in [-0.15, -0.1) is 0 Å². The number of fused-ring (bicyclic) bond motifs is 1. The molecule has 0 radical (unpaired) electrons. The predicted molar refractivity (Wildman–Crippen MR) is 106 cm³/mol. The summed E-state index contributed by atoms with van der Waals surface area (Å²) in [4.78, 5) is 19.4. The van der Waals surface area contributed by atoms with Gasteiger partial charge in [0.05, 0.1) is 25.0 Å². The molecule has 0 atom stereocenters. The lowest BCUT2D eigenvalue weighted by atomic mass is 10.2. The minimum Gasteiger partial charge on any atom is -0.467 e. The lowest BCUT2D eigenvalue weighted by Gasteiger charge is -2.24. The Kier molecular flexibility index (Phi) is 4.50. The Morgan fingerprint density at radius 1 is 1.04 bits per heavy atom. The van der Waals surface area contributed by atoms with Gasteiger partial charge in [0.15, 0.2) is 0 Å². The van der Waals surface area contributed by atoms with Gasteiger partial charge in [-0.3, -0.25) is 9.20 Å². The number of rotatable bonds is 5.